The number of nitrogens with zero attached hydrogens (tertiary/aromatic N) is 2. The van der Waals surface area contributed by atoms with Crippen molar-refractivity contribution in [2.24, 2.45) is 5.73 Å². The molecule has 0 aromatic rings. The first-order valence-electron chi connectivity index (χ1n) is 6.43. The minimum atomic E-state index is 0.0972. The van der Waals surface area contributed by atoms with Gasteiger partial charge in [0.2, 0.25) is 0 Å². The predicted molar refractivity (Wildman–Crippen MR) is 76.7 cm³/mol. The average Bonchev–Trinajstić information content (AvgIpc) is 2.36. The maximum atomic E-state index is 8.46. The van der Waals surface area contributed by atoms with E-state index in [0.717, 1.165) is 26.2 Å². The number of likely N-dealkylation sites (N-methyl/N-ethyl adjacent to an activating group) is 2. The van der Waals surface area contributed by atoms with Crippen LogP contribution >= 0.6 is 0 Å². The smallest absolute Gasteiger partial charge is 0.0558 e. The van der Waals surface area contributed by atoms with Gasteiger partial charge in [0.15, 0.2) is 0 Å². The van der Waals surface area contributed by atoms with Crippen LogP contribution in [0.4, 0.5) is 0 Å². The van der Waals surface area contributed by atoms with Crippen LogP contribution in [0.5, 0.6) is 0 Å². The quantitative estimate of drug-likeness (QED) is 0.463. The van der Waals surface area contributed by atoms with Gasteiger partial charge in [-0.25, -0.2) is 0 Å². The van der Waals surface area contributed by atoms with Gasteiger partial charge in [-0.1, -0.05) is 13.8 Å². The van der Waals surface area contributed by atoms with Crippen molar-refractivity contribution in [1.82, 2.24) is 9.80 Å². The predicted octanol–water partition coefficient (Wildman–Crippen LogP) is -1.20. The third-order valence-electron chi connectivity index (χ3n) is 1.99. The molecule has 0 aromatic heterocycles. The summed E-state index contributed by atoms with van der Waals surface area (Å²) in [5.41, 5.74) is 4.78. The minimum Gasteiger partial charge on any atom is -0.395 e. The Morgan fingerprint density at radius 2 is 1.22 bits per heavy atom. The van der Waals surface area contributed by atoms with Crippen molar-refractivity contribution in [3.8, 4) is 0 Å². The molecule has 6 nitrogen and oxygen atoms in total. The van der Waals surface area contributed by atoms with Crippen molar-refractivity contribution in [3.63, 3.8) is 0 Å². The van der Waals surface area contributed by atoms with E-state index in [4.69, 9.17) is 21.1 Å². The second kappa shape index (κ2) is 22.0. The van der Waals surface area contributed by atoms with E-state index in [1.54, 1.807) is 0 Å². The topological polar surface area (TPSA) is 93.2 Å². The summed E-state index contributed by atoms with van der Waals surface area (Å²) in [6, 6.07) is 0. The van der Waals surface area contributed by atoms with Crippen molar-refractivity contribution in [1.29, 1.82) is 0 Å². The van der Waals surface area contributed by atoms with Crippen LogP contribution in [0, 0.1) is 0 Å². The molecule has 0 spiro atoms. The van der Waals surface area contributed by atoms with Crippen molar-refractivity contribution < 1.29 is 15.3 Å². The van der Waals surface area contributed by atoms with Crippen LogP contribution < -0.4 is 5.73 Å². The number of aliphatic hydroxyl groups is 3. The van der Waals surface area contributed by atoms with E-state index in [9.17, 15) is 0 Å². The Balaban J connectivity index is -0.000000200. The highest BCUT2D eigenvalue weighted by molar-refractivity contribution is 4.47. The number of rotatable bonds is 7. The summed E-state index contributed by atoms with van der Waals surface area (Å²) < 4.78 is 0. The summed E-state index contributed by atoms with van der Waals surface area (Å²) in [6.45, 7) is 8.86. The zero-order chi connectivity index (χ0) is 14.8. The summed E-state index contributed by atoms with van der Waals surface area (Å²) >= 11 is 0. The average molecular weight is 267 g/mol. The lowest BCUT2D eigenvalue weighted by Crippen LogP contribution is -2.25. The van der Waals surface area contributed by atoms with E-state index in [1.807, 2.05) is 19.0 Å². The Kier molecular flexibility index (Phi) is 28.0. The molecule has 114 valence electrons. The first-order chi connectivity index (χ1) is 8.53. The van der Waals surface area contributed by atoms with Crippen molar-refractivity contribution in [2.45, 2.75) is 13.8 Å². The molecule has 0 saturated heterocycles. The monoisotopic (exact) mass is 267 g/mol. The number of nitrogens with two attached hydrogens (primary N) is 1. The van der Waals surface area contributed by atoms with Gasteiger partial charge in [0, 0.05) is 19.6 Å². The van der Waals surface area contributed by atoms with Crippen LogP contribution in [0.1, 0.15) is 13.8 Å². The fourth-order valence-electron chi connectivity index (χ4n) is 0.881. The van der Waals surface area contributed by atoms with Gasteiger partial charge >= 0.3 is 0 Å². The van der Waals surface area contributed by atoms with E-state index in [0.29, 0.717) is 6.54 Å². The molecule has 0 unspecified atom stereocenters. The lowest BCUT2D eigenvalue weighted by atomic mass is 10.5. The van der Waals surface area contributed by atoms with Gasteiger partial charge in [-0.15, -0.1) is 0 Å². The standard InChI is InChI=1S/C6H15NO.C4H11NO.C2H7NO/c1-3-7(4-2)5-6-8;1-5(2)3-4-6;3-1-2-4/h8H,3-6H2,1-2H3;6H,3-4H2,1-2H3;4H,1-3H2. The molecule has 0 aliphatic heterocycles. The fourth-order valence-corrected chi connectivity index (χ4v) is 0.881. The second-order valence-electron chi connectivity index (χ2n) is 3.79. The summed E-state index contributed by atoms with van der Waals surface area (Å²) in [5, 5.41) is 24.4. The SMILES string of the molecule is CCN(CC)CCO.CN(C)CCO.NCCO. The van der Waals surface area contributed by atoms with E-state index >= 15 is 0 Å². The van der Waals surface area contributed by atoms with Gasteiger partial charge in [-0.3, -0.25) is 0 Å². The Hall–Kier alpha value is -0.240. The van der Waals surface area contributed by atoms with Crippen LogP contribution in [0.15, 0.2) is 0 Å². The van der Waals surface area contributed by atoms with Crippen LogP contribution in [0.25, 0.3) is 0 Å². The molecule has 6 heteroatoms. The summed E-state index contributed by atoms with van der Waals surface area (Å²) in [6.07, 6.45) is 0. The lowest BCUT2D eigenvalue weighted by molar-refractivity contribution is 0.208. The van der Waals surface area contributed by atoms with Crippen LogP contribution in [0.3, 0.4) is 0 Å². The summed E-state index contributed by atoms with van der Waals surface area (Å²) in [7, 11) is 3.85. The number of aliphatic hydroxyl groups excluding tert-OH is 3. The molecule has 0 atom stereocenters. The molecule has 0 aliphatic rings. The highest BCUT2D eigenvalue weighted by Crippen LogP contribution is 1.82. The van der Waals surface area contributed by atoms with E-state index in [-0.39, 0.29) is 19.8 Å². The molecule has 0 aromatic carbocycles. The Bertz CT molecular complexity index is 121. The molecule has 0 amide bonds. The molecule has 0 fully saturated rings. The first kappa shape index (κ1) is 22.9. The normalized spacial score (nSPS) is 9.67. The highest BCUT2D eigenvalue weighted by atomic mass is 16.3. The molecule has 18 heavy (non-hydrogen) atoms. The molecule has 0 saturated carbocycles. The van der Waals surface area contributed by atoms with Crippen molar-refractivity contribution in [3.05, 3.63) is 0 Å². The molecular weight excluding hydrogens is 234 g/mol. The largest absolute Gasteiger partial charge is 0.395 e. The van der Waals surface area contributed by atoms with E-state index < -0.39 is 0 Å². The Morgan fingerprint density at radius 1 is 0.833 bits per heavy atom. The summed E-state index contributed by atoms with van der Waals surface area (Å²) in [4.78, 5) is 4.11. The van der Waals surface area contributed by atoms with E-state index in [1.165, 1.54) is 0 Å². The minimum absolute atomic E-state index is 0.0972. The first-order valence-corrected chi connectivity index (χ1v) is 6.43. The molecule has 0 radical (unpaired) electrons. The maximum absolute atomic E-state index is 8.46. The van der Waals surface area contributed by atoms with Crippen molar-refractivity contribution >= 4 is 0 Å². The van der Waals surface area contributed by atoms with Gasteiger partial charge in [0.25, 0.3) is 0 Å². The molecule has 0 aliphatic carbocycles. The van der Waals surface area contributed by atoms with Crippen LogP contribution in [-0.2, 0) is 0 Å². The van der Waals surface area contributed by atoms with Crippen molar-refractivity contribution in [2.75, 3.05) is 66.6 Å². The Morgan fingerprint density at radius 3 is 1.28 bits per heavy atom. The van der Waals surface area contributed by atoms with Gasteiger partial charge in [0.05, 0.1) is 19.8 Å². The highest BCUT2D eigenvalue weighted by Gasteiger charge is 1.93. The number of hydrogen-bond acceptors (Lipinski definition) is 6. The Labute approximate surface area is 112 Å². The zero-order valence-corrected chi connectivity index (χ0v) is 12.5. The molecule has 5 N–H and O–H groups in total. The third-order valence-corrected chi connectivity index (χ3v) is 1.99. The molecule has 0 heterocycles. The van der Waals surface area contributed by atoms with E-state index in [2.05, 4.69) is 18.7 Å². The fraction of sp³-hybridized carbons (Fsp3) is 1.00. The van der Waals surface area contributed by atoms with Crippen LogP contribution in [-0.4, -0.2) is 91.8 Å². The summed E-state index contributed by atoms with van der Waals surface area (Å²) in [5.74, 6) is 0. The molecule has 0 rings (SSSR count). The number of hydrogen-bond donors (Lipinski definition) is 4. The van der Waals surface area contributed by atoms with Crippen LogP contribution in [0.2, 0.25) is 0 Å². The molecule has 0 bridgehead atoms. The maximum Gasteiger partial charge on any atom is 0.0558 e. The van der Waals surface area contributed by atoms with Gasteiger partial charge < -0.3 is 30.9 Å². The van der Waals surface area contributed by atoms with Gasteiger partial charge in [-0.05, 0) is 27.2 Å². The van der Waals surface area contributed by atoms with Gasteiger partial charge in [0.1, 0.15) is 0 Å². The molecular formula is C12H33N3O3. The zero-order valence-electron chi connectivity index (χ0n) is 12.5. The third kappa shape index (κ3) is 29.7. The lowest BCUT2D eigenvalue weighted by Gasteiger charge is -2.15. The van der Waals surface area contributed by atoms with Gasteiger partial charge in [-0.2, -0.15) is 0 Å². The second-order valence-corrected chi connectivity index (χ2v) is 3.79.